The van der Waals surface area contributed by atoms with Gasteiger partial charge in [-0.3, -0.25) is 5.43 Å². The zero-order chi connectivity index (χ0) is 13.4. The number of nitrogens with zero attached hydrogens (tertiary/aromatic N) is 1. The zero-order valence-electron chi connectivity index (χ0n) is 9.60. The molecule has 0 saturated heterocycles. The molecule has 1 aromatic rings. The molecule has 0 unspecified atom stereocenters. The molecule has 5 nitrogen and oxygen atoms in total. The smallest absolute Gasteiger partial charge is 0.387 e. The second-order valence-electron chi connectivity index (χ2n) is 3.02. The SMILES string of the molecule is CCOC(=O)C=NNc1ccc(OC(F)F)cc1. The van der Waals surface area contributed by atoms with E-state index in [0.29, 0.717) is 5.69 Å². The van der Waals surface area contributed by atoms with Gasteiger partial charge in [-0.1, -0.05) is 0 Å². The lowest BCUT2D eigenvalue weighted by Gasteiger charge is -2.05. The van der Waals surface area contributed by atoms with E-state index in [2.05, 4.69) is 20.0 Å². The van der Waals surface area contributed by atoms with Crippen molar-refractivity contribution in [2.75, 3.05) is 12.0 Å². The first-order valence-corrected chi connectivity index (χ1v) is 5.12. The van der Waals surface area contributed by atoms with Crippen molar-refractivity contribution >= 4 is 17.9 Å². The summed E-state index contributed by atoms with van der Waals surface area (Å²) in [5.41, 5.74) is 3.07. The van der Waals surface area contributed by atoms with Gasteiger partial charge in [-0.15, -0.1) is 0 Å². The number of carbonyl (C=O) groups is 1. The first kappa shape index (κ1) is 13.9. The number of halogens is 2. The number of nitrogens with one attached hydrogen (secondary N) is 1. The van der Waals surface area contributed by atoms with E-state index < -0.39 is 12.6 Å². The normalized spacial score (nSPS) is 10.7. The van der Waals surface area contributed by atoms with Crippen LogP contribution < -0.4 is 10.2 Å². The lowest BCUT2D eigenvalue weighted by Crippen LogP contribution is -2.06. The summed E-state index contributed by atoms with van der Waals surface area (Å²) in [6.07, 6.45) is 0.979. The van der Waals surface area contributed by atoms with Crippen LogP contribution in [0.3, 0.4) is 0 Å². The summed E-state index contributed by atoms with van der Waals surface area (Å²) >= 11 is 0. The van der Waals surface area contributed by atoms with Crippen molar-refractivity contribution in [2.45, 2.75) is 13.5 Å². The maximum atomic E-state index is 11.9. The van der Waals surface area contributed by atoms with E-state index in [1.165, 1.54) is 24.3 Å². The molecule has 18 heavy (non-hydrogen) atoms. The Labute approximate surface area is 102 Å². The Morgan fingerprint density at radius 3 is 2.67 bits per heavy atom. The van der Waals surface area contributed by atoms with E-state index in [9.17, 15) is 13.6 Å². The molecule has 0 aliphatic heterocycles. The monoisotopic (exact) mass is 258 g/mol. The van der Waals surface area contributed by atoms with Crippen LogP contribution in [-0.4, -0.2) is 25.4 Å². The van der Waals surface area contributed by atoms with Crippen LogP contribution in [0.2, 0.25) is 0 Å². The van der Waals surface area contributed by atoms with E-state index in [-0.39, 0.29) is 12.4 Å². The van der Waals surface area contributed by atoms with Gasteiger partial charge in [0.15, 0.2) is 0 Å². The number of rotatable bonds is 6. The van der Waals surface area contributed by atoms with Crippen molar-refractivity contribution in [2.24, 2.45) is 5.10 Å². The topological polar surface area (TPSA) is 59.9 Å². The van der Waals surface area contributed by atoms with E-state index in [0.717, 1.165) is 6.21 Å². The van der Waals surface area contributed by atoms with Gasteiger partial charge in [0, 0.05) is 0 Å². The largest absolute Gasteiger partial charge is 0.462 e. The molecular weight excluding hydrogens is 246 g/mol. The van der Waals surface area contributed by atoms with Gasteiger partial charge in [0.05, 0.1) is 12.3 Å². The first-order chi connectivity index (χ1) is 8.61. The van der Waals surface area contributed by atoms with Gasteiger partial charge in [0.1, 0.15) is 12.0 Å². The third-order valence-electron chi connectivity index (χ3n) is 1.73. The van der Waals surface area contributed by atoms with Gasteiger partial charge in [0.2, 0.25) is 0 Å². The van der Waals surface area contributed by atoms with Gasteiger partial charge < -0.3 is 9.47 Å². The van der Waals surface area contributed by atoms with Crippen molar-refractivity contribution in [3.8, 4) is 5.75 Å². The minimum atomic E-state index is -2.86. The number of esters is 1. The molecule has 0 aliphatic rings. The number of carbonyl (C=O) groups excluding carboxylic acids is 1. The Kier molecular flexibility index (Phi) is 5.56. The molecule has 0 atom stereocenters. The van der Waals surface area contributed by atoms with Crippen molar-refractivity contribution in [1.29, 1.82) is 0 Å². The molecule has 0 radical (unpaired) electrons. The summed E-state index contributed by atoms with van der Waals surface area (Å²) in [4.78, 5) is 10.9. The average molecular weight is 258 g/mol. The quantitative estimate of drug-likeness (QED) is 0.483. The van der Waals surface area contributed by atoms with Crippen molar-refractivity contribution in [3.63, 3.8) is 0 Å². The van der Waals surface area contributed by atoms with Crippen LogP contribution in [0.15, 0.2) is 29.4 Å². The van der Waals surface area contributed by atoms with Crippen LogP contribution in [-0.2, 0) is 9.53 Å². The molecule has 7 heteroatoms. The Bertz CT molecular complexity index is 407. The first-order valence-electron chi connectivity index (χ1n) is 5.12. The summed E-state index contributed by atoms with van der Waals surface area (Å²) in [7, 11) is 0. The van der Waals surface area contributed by atoms with Crippen LogP contribution in [0.1, 0.15) is 6.92 Å². The van der Waals surface area contributed by atoms with Crippen molar-refractivity contribution in [3.05, 3.63) is 24.3 Å². The number of benzene rings is 1. The number of hydrogen-bond acceptors (Lipinski definition) is 5. The number of anilines is 1. The number of alkyl halides is 2. The van der Waals surface area contributed by atoms with E-state index in [1.54, 1.807) is 6.92 Å². The Morgan fingerprint density at radius 2 is 2.11 bits per heavy atom. The number of hydrazone groups is 1. The average Bonchev–Trinajstić information content (AvgIpc) is 2.31. The molecule has 1 rings (SSSR count). The molecule has 0 spiro atoms. The maximum Gasteiger partial charge on any atom is 0.387 e. The minimum absolute atomic E-state index is 0.0462. The molecule has 0 bridgehead atoms. The van der Waals surface area contributed by atoms with E-state index >= 15 is 0 Å². The van der Waals surface area contributed by atoms with Gasteiger partial charge >= 0.3 is 12.6 Å². The summed E-state index contributed by atoms with van der Waals surface area (Å²) in [5, 5.41) is 3.61. The predicted octanol–water partition coefficient (Wildman–Crippen LogP) is 2.25. The van der Waals surface area contributed by atoms with Crippen LogP contribution in [0, 0.1) is 0 Å². The number of hydrogen-bond donors (Lipinski definition) is 1. The van der Waals surface area contributed by atoms with Crippen molar-refractivity contribution in [1.82, 2.24) is 0 Å². The van der Waals surface area contributed by atoms with E-state index in [1.807, 2.05) is 0 Å². The van der Waals surface area contributed by atoms with Crippen LogP contribution in [0.25, 0.3) is 0 Å². The van der Waals surface area contributed by atoms with Gasteiger partial charge in [-0.25, -0.2) is 4.79 Å². The van der Waals surface area contributed by atoms with Crippen molar-refractivity contribution < 1.29 is 23.0 Å². The van der Waals surface area contributed by atoms with Gasteiger partial charge in [-0.2, -0.15) is 13.9 Å². The number of ether oxygens (including phenoxy) is 2. The fourth-order valence-corrected chi connectivity index (χ4v) is 1.05. The highest BCUT2D eigenvalue weighted by Gasteiger charge is 2.03. The lowest BCUT2D eigenvalue weighted by molar-refractivity contribution is -0.134. The molecule has 0 fully saturated rings. The standard InChI is InChI=1S/C11H12F2N2O3/c1-2-17-10(16)7-14-15-8-3-5-9(6-4-8)18-11(12)13/h3-7,11,15H,2H2,1H3. The van der Waals surface area contributed by atoms with Gasteiger partial charge in [-0.05, 0) is 31.2 Å². The van der Waals surface area contributed by atoms with E-state index in [4.69, 9.17) is 0 Å². The molecule has 98 valence electrons. The Balaban J connectivity index is 2.46. The molecule has 0 aliphatic carbocycles. The summed E-state index contributed by atoms with van der Waals surface area (Å²) < 4.78 is 32.5. The third kappa shape index (κ3) is 5.24. The Morgan fingerprint density at radius 1 is 1.44 bits per heavy atom. The zero-order valence-corrected chi connectivity index (χ0v) is 9.60. The minimum Gasteiger partial charge on any atom is -0.462 e. The molecule has 1 aromatic carbocycles. The fraction of sp³-hybridized carbons (Fsp3) is 0.273. The molecule has 0 heterocycles. The van der Waals surface area contributed by atoms with Gasteiger partial charge in [0.25, 0.3) is 0 Å². The second kappa shape index (κ2) is 7.21. The molecule has 0 saturated carbocycles. The van der Waals surface area contributed by atoms with Crippen LogP contribution in [0.4, 0.5) is 14.5 Å². The Hall–Kier alpha value is -2.18. The highest BCUT2D eigenvalue weighted by atomic mass is 19.3. The lowest BCUT2D eigenvalue weighted by atomic mass is 10.3. The molecular formula is C11H12F2N2O3. The predicted molar refractivity (Wildman–Crippen MR) is 61.8 cm³/mol. The van der Waals surface area contributed by atoms with Crippen LogP contribution in [0.5, 0.6) is 5.75 Å². The molecule has 1 N–H and O–H groups in total. The fourth-order valence-electron chi connectivity index (χ4n) is 1.05. The second-order valence-corrected chi connectivity index (χ2v) is 3.02. The summed E-state index contributed by atoms with van der Waals surface area (Å²) in [6.45, 7) is -0.906. The maximum absolute atomic E-state index is 11.9. The van der Waals surface area contributed by atoms with Crippen LogP contribution >= 0.6 is 0 Å². The summed E-state index contributed by atoms with van der Waals surface area (Å²) in [5.74, 6) is -0.521. The highest BCUT2D eigenvalue weighted by molar-refractivity contribution is 6.23. The highest BCUT2D eigenvalue weighted by Crippen LogP contribution is 2.17. The third-order valence-corrected chi connectivity index (χ3v) is 1.73. The molecule has 0 amide bonds. The summed E-state index contributed by atoms with van der Waals surface area (Å²) in [6, 6.07) is 5.68. The molecule has 0 aromatic heterocycles.